The Kier molecular flexibility index (Phi) is 6.14. The number of alkyl carbamates (subject to hydrolysis) is 1. The number of amides is 2. The van der Waals surface area contributed by atoms with Gasteiger partial charge in [-0.1, -0.05) is 69.3 Å². The summed E-state index contributed by atoms with van der Waals surface area (Å²) in [7, 11) is 0. The Morgan fingerprint density at radius 2 is 1.50 bits per heavy atom. The molecule has 2 aromatic carbocycles. The van der Waals surface area contributed by atoms with E-state index < -0.39 is 35.0 Å². The average molecular weight is 465 g/mol. The molecule has 34 heavy (non-hydrogen) atoms. The second kappa shape index (κ2) is 8.78. The summed E-state index contributed by atoms with van der Waals surface area (Å²) in [4.78, 5) is 37.8. The maximum absolute atomic E-state index is 13.1. The standard InChI is InChI=1S/C27H32N2O5/c1-26(2,3)22(23(30)29-27(4,24(31)32)16-13-14-16)28-25(33)34-15-21-19-11-7-5-9-17(19)18-10-6-8-12-20(18)21/h5-12,16,21-22H,13-15H2,1-4H3,(H,28,33)(H,29,30)(H,31,32)/t22-,27?/m1/s1. The molecule has 7 nitrogen and oxygen atoms in total. The van der Waals surface area contributed by atoms with E-state index in [1.54, 1.807) is 0 Å². The van der Waals surface area contributed by atoms with Crippen LogP contribution in [0.3, 0.4) is 0 Å². The maximum atomic E-state index is 13.1. The number of aliphatic carboxylic acids is 1. The minimum Gasteiger partial charge on any atom is -0.480 e. The van der Waals surface area contributed by atoms with Crippen LogP contribution in [0.4, 0.5) is 4.79 Å². The molecule has 0 radical (unpaired) electrons. The second-order valence-electron chi connectivity index (χ2n) is 10.5. The Morgan fingerprint density at radius 3 is 1.97 bits per heavy atom. The second-order valence-corrected chi connectivity index (χ2v) is 10.5. The SMILES string of the molecule is CC(NC(=O)[C@@H](NC(=O)OCC1c2ccccc2-c2ccccc21)C(C)(C)C)(C(=O)O)C1CC1. The lowest BCUT2D eigenvalue weighted by Crippen LogP contribution is -2.61. The molecule has 1 saturated carbocycles. The molecular formula is C27H32N2O5. The fourth-order valence-electron chi connectivity index (χ4n) is 4.75. The summed E-state index contributed by atoms with van der Waals surface area (Å²) >= 11 is 0. The molecule has 1 fully saturated rings. The number of ether oxygens (including phenoxy) is 1. The van der Waals surface area contributed by atoms with Gasteiger partial charge in [-0.05, 0) is 53.4 Å². The van der Waals surface area contributed by atoms with Crippen molar-refractivity contribution < 1.29 is 24.2 Å². The molecular weight excluding hydrogens is 432 g/mol. The highest BCUT2D eigenvalue weighted by atomic mass is 16.5. The minimum atomic E-state index is -1.36. The van der Waals surface area contributed by atoms with Crippen LogP contribution in [-0.4, -0.2) is 41.3 Å². The van der Waals surface area contributed by atoms with Crippen molar-refractivity contribution in [1.29, 1.82) is 0 Å². The number of carboxylic acid groups (broad SMARTS) is 1. The molecule has 0 bridgehead atoms. The lowest BCUT2D eigenvalue weighted by Gasteiger charge is -2.34. The van der Waals surface area contributed by atoms with Crippen LogP contribution in [0.1, 0.15) is 57.6 Å². The van der Waals surface area contributed by atoms with Gasteiger partial charge in [0.1, 0.15) is 18.2 Å². The van der Waals surface area contributed by atoms with Gasteiger partial charge in [-0.2, -0.15) is 0 Å². The third-order valence-electron chi connectivity index (χ3n) is 6.96. The highest BCUT2D eigenvalue weighted by Gasteiger charge is 2.50. The molecule has 0 aromatic heterocycles. The van der Waals surface area contributed by atoms with Crippen molar-refractivity contribution in [1.82, 2.24) is 10.6 Å². The van der Waals surface area contributed by atoms with Crippen LogP contribution in [0.5, 0.6) is 0 Å². The fraction of sp³-hybridized carbons (Fsp3) is 0.444. The Hall–Kier alpha value is -3.35. The van der Waals surface area contributed by atoms with Crippen LogP contribution >= 0.6 is 0 Å². The molecule has 4 rings (SSSR count). The number of hydrogen-bond acceptors (Lipinski definition) is 4. The number of rotatable bonds is 7. The predicted molar refractivity (Wildman–Crippen MR) is 128 cm³/mol. The zero-order valence-corrected chi connectivity index (χ0v) is 20.1. The number of carboxylic acids is 1. The Morgan fingerprint density at radius 1 is 0.971 bits per heavy atom. The van der Waals surface area contributed by atoms with Gasteiger partial charge in [0, 0.05) is 5.92 Å². The van der Waals surface area contributed by atoms with Gasteiger partial charge in [-0.15, -0.1) is 0 Å². The summed E-state index contributed by atoms with van der Waals surface area (Å²) in [6.45, 7) is 7.11. The highest BCUT2D eigenvalue weighted by molar-refractivity contribution is 5.92. The summed E-state index contributed by atoms with van der Waals surface area (Å²) in [6, 6.07) is 15.2. The lowest BCUT2D eigenvalue weighted by molar-refractivity contribution is -0.148. The van der Waals surface area contributed by atoms with Crippen LogP contribution in [0.2, 0.25) is 0 Å². The van der Waals surface area contributed by atoms with Crippen molar-refractivity contribution >= 4 is 18.0 Å². The van der Waals surface area contributed by atoms with Crippen LogP contribution < -0.4 is 10.6 Å². The van der Waals surface area contributed by atoms with Gasteiger partial charge in [0.05, 0.1) is 0 Å². The molecule has 3 N–H and O–H groups in total. The van der Waals surface area contributed by atoms with Crippen molar-refractivity contribution in [2.75, 3.05) is 6.61 Å². The summed E-state index contributed by atoms with van der Waals surface area (Å²) in [5, 5.41) is 15.1. The van der Waals surface area contributed by atoms with E-state index in [0.29, 0.717) is 0 Å². The number of hydrogen-bond donors (Lipinski definition) is 3. The van der Waals surface area contributed by atoms with E-state index in [9.17, 15) is 19.5 Å². The summed E-state index contributed by atoms with van der Waals surface area (Å²) in [5.74, 6) is -1.80. The largest absolute Gasteiger partial charge is 0.480 e. The topological polar surface area (TPSA) is 105 Å². The first kappa shape index (κ1) is 23.8. The molecule has 0 aliphatic heterocycles. The number of fused-ring (bicyclic) bond motifs is 3. The number of carbonyl (C=O) groups excluding carboxylic acids is 2. The maximum Gasteiger partial charge on any atom is 0.407 e. The van der Waals surface area contributed by atoms with Crippen molar-refractivity contribution in [3.8, 4) is 11.1 Å². The van der Waals surface area contributed by atoms with E-state index in [1.165, 1.54) is 6.92 Å². The average Bonchev–Trinajstić information content (AvgIpc) is 3.59. The quantitative estimate of drug-likeness (QED) is 0.566. The van der Waals surface area contributed by atoms with Crippen molar-refractivity contribution in [3.63, 3.8) is 0 Å². The van der Waals surface area contributed by atoms with Gasteiger partial charge in [0.15, 0.2) is 0 Å². The van der Waals surface area contributed by atoms with Crippen LogP contribution in [-0.2, 0) is 14.3 Å². The molecule has 7 heteroatoms. The number of carbonyl (C=O) groups is 3. The molecule has 2 aliphatic rings. The van der Waals surface area contributed by atoms with Gasteiger partial charge in [0.2, 0.25) is 5.91 Å². The summed E-state index contributed by atoms with van der Waals surface area (Å²) in [6.07, 6.45) is 0.798. The summed E-state index contributed by atoms with van der Waals surface area (Å²) in [5.41, 5.74) is 2.45. The van der Waals surface area contributed by atoms with E-state index in [-0.39, 0.29) is 18.4 Å². The molecule has 1 unspecified atom stereocenters. The normalized spacial score (nSPS) is 17.6. The van der Waals surface area contributed by atoms with Crippen molar-refractivity contribution in [3.05, 3.63) is 59.7 Å². The van der Waals surface area contributed by atoms with E-state index >= 15 is 0 Å². The minimum absolute atomic E-state index is 0.0924. The van der Waals surface area contributed by atoms with Gasteiger partial charge in [-0.25, -0.2) is 9.59 Å². The third-order valence-corrected chi connectivity index (χ3v) is 6.96. The molecule has 2 aromatic rings. The van der Waals surface area contributed by atoms with Gasteiger partial charge < -0.3 is 20.5 Å². The van der Waals surface area contributed by atoms with Crippen LogP contribution in [0, 0.1) is 11.3 Å². The number of nitrogens with one attached hydrogen (secondary N) is 2. The molecule has 180 valence electrons. The van der Waals surface area contributed by atoms with E-state index in [0.717, 1.165) is 35.1 Å². The highest BCUT2D eigenvalue weighted by Crippen LogP contribution is 2.44. The molecule has 0 heterocycles. The zero-order valence-electron chi connectivity index (χ0n) is 20.1. The first-order valence-electron chi connectivity index (χ1n) is 11.7. The van der Waals surface area contributed by atoms with Crippen LogP contribution in [0.15, 0.2) is 48.5 Å². The number of benzene rings is 2. The van der Waals surface area contributed by atoms with E-state index in [1.807, 2.05) is 57.2 Å². The first-order valence-corrected chi connectivity index (χ1v) is 11.7. The van der Waals surface area contributed by atoms with Gasteiger partial charge >= 0.3 is 12.1 Å². The Labute approximate surface area is 199 Å². The molecule has 2 amide bonds. The van der Waals surface area contributed by atoms with Gasteiger partial charge in [0.25, 0.3) is 0 Å². The predicted octanol–water partition coefficient (Wildman–Crippen LogP) is 4.31. The fourth-order valence-corrected chi connectivity index (χ4v) is 4.75. The smallest absolute Gasteiger partial charge is 0.407 e. The summed E-state index contributed by atoms with van der Waals surface area (Å²) < 4.78 is 5.61. The van der Waals surface area contributed by atoms with E-state index in [2.05, 4.69) is 22.8 Å². The van der Waals surface area contributed by atoms with Crippen LogP contribution in [0.25, 0.3) is 11.1 Å². The Bertz CT molecular complexity index is 1070. The zero-order chi connectivity index (χ0) is 24.7. The van der Waals surface area contributed by atoms with E-state index in [4.69, 9.17) is 4.74 Å². The first-order chi connectivity index (χ1) is 16.0. The Balaban J connectivity index is 1.45. The molecule has 2 aliphatic carbocycles. The van der Waals surface area contributed by atoms with Crippen molar-refractivity contribution in [2.45, 2.75) is 58.0 Å². The molecule has 0 spiro atoms. The van der Waals surface area contributed by atoms with Gasteiger partial charge in [-0.3, -0.25) is 4.79 Å². The monoisotopic (exact) mass is 464 g/mol. The third kappa shape index (κ3) is 4.52. The molecule has 2 atom stereocenters. The molecule has 0 saturated heterocycles. The van der Waals surface area contributed by atoms with Crippen molar-refractivity contribution in [2.24, 2.45) is 11.3 Å². The lowest BCUT2D eigenvalue weighted by atomic mass is 9.85.